The monoisotopic (exact) mass is 270 g/mol. The summed E-state index contributed by atoms with van der Waals surface area (Å²) in [5, 5.41) is 10.1. The van der Waals surface area contributed by atoms with Crippen molar-refractivity contribution in [1.29, 1.82) is 0 Å². The molecule has 1 heterocycles. The first-order chi connectivity index (χ1) is 7.09. The van der Waals surface area contributed by atoms with Crippen LogP contribution in [0.15, 0.2) is 16.6 Å². The average Bonchev–Trinajstić information content (AvgIpc) is 2.62. The number of fused-ring (bicyclic) bond motifs is 1. The molecule has 0 saturated carbocycles. The van der Waals surface area contributed by atoms with Gasteiger partial charge in [0.05, 0.1) is 12.7 Å². The highest BCUT2D eigenvalue weighted by molar-refractivity contribution is 9.10. The number of rotatable bonds is 2. The van der Waals surface area contributed by atoms with Crippen LogP contribution in [0.1, 0.15) is 31.1 Å². The molecular formula is C12H15BrO2. The molecule has 15 heavy (non-hydrogen) atoms. The van der Waals surface area contributed by atoms with E-state index < -0.39 is 6.10 Å². The first-order valence-electron chi connectivity index (χ1n) is 5.22. The fourth-order valence-corrected chi connectivity index (χ4v) is 2.40. The summed E-state index contributed by atoms with van der Waals surface area (Å²) in [5.74, 6) is 1.09. The molecule has 0 amide bonds. The van der Waals surface area contributed by atoms with Gasteiger partial charge in [0.25, 0.3) is 0 Å². The Labute approximate surface area is 98.4 Å². The Bertz CT molecular complexity index is 374. The van der Waals surface area contributed by atoms with E-state index in [4.69, 9.17) is 4.74 Å². The average molecular weight is 271 g/mol. The summed E-state index contributed by atoms with van der Waals surface area (Å²) >= 11 is 3.47. The van der Waals surface area contributed by atoms with Crippen molar-refractivity contribution < 1.29 is 9.84 Å². The highest BCUT2D eigenvalue weighted by Crippen LogP contribution is 2.38. The van der Waals surface area contributed by atoms with Gasteiger partial charge in [-0.25, -0.2) is 0 Å². The summed E-state index contributed by atoms with van der Waals surface area (Å²) in [7, 11) is 0. The van der Waals surface area contributed by atoms with Gasteiger partial charge in [-0.3, -0.25) is 0 Å². The normalized spacial score (nSPS) is 16.3. The SMILES string of the molecule is CC(C)C(O)c1cc(Br)cc2c1OCC2. The molecule has 0 radical (unpaired) electrons. The first kappa shape index (κ1) is 11.0. The molecule has 0 saturated heterocycles. The maximum absolute atomic E-state index is 10.1. The lowest BCUT2D eigenvalue weighted by molar-refractivity contribution is 0.123. The molecule has 0 bridgehead atoms. The second kappa shape index (κ2) is 4.14. The van der Waals surface area contributed by atoms with Crippen LogP contribution in [-0.4, -0.2) is 11.7 Å². The molecule has 0 aromatic heterocycles. The van der Waals surface area contributed by atoms with Crippen molar-refractivity contribution in [3.8, 4) is 5.75 Å². The maximum atomic E-state index is 10.1. The minimum atomic E-state index is -0.450. The molecule has 3 heteroatoms. The Kier molecular flexibility index (Phi) is 3.03. The van der Waals surface area contributed by atoms with Gasteiger partial charge < -0.3 is 9.84 Å². The molecule has 2 rings (SSSR count). The molecule has 0 spiro atoms. The highest BCUT2D eigenvalue weighted by atomic mass is 79.9. The van der Waals surface area contributed by atoms with Gasteiger partial charge in [-0.2, -0.15) is 0 Å². The van der Waals surface area contributed by atoms with Gasteiger partial charge in [0, 0.05) is 16.5 Å². The topological polar surface area (TPSA) is 29.5 Å². The van der Waals surface area contributed by atoms with Gasteiger partial charge in [0.2, 0.25) is 0 Å². The lowest BCUT2D eigenvalue weighted by atomic mass is 9.96. The number of aliphatic hydroxyl groups is 1. The lowest BCUT2D eigenvalue weighted by Gasteiger charge is -2.18. The van der Waals surface area contributed by atoms with Gasteiger partial charge in [-0.1, -0.05) is 29.8 Å². The quantitative estimate of drug-likeness (QED) is 0.895. The van der Waals surface area contributed by atoms with E-state index in [2.05, 4.69) is 22.0 Å². The van der Waals surface area contributed by atoms with Crippen LogP contribution in [0, 0.1) is 5.92 Å². The number of halogens is 1. The van der Waals surface area contributed by atoms with E-state index in [0.717, 1.165) is 28.8 Å². The lowest BCUT2D eigenvalue weighted by Crippen LogP contribution is -2.07. The molecule has 1 unspecified atom stereocenters. The predicted octanol–water partition coefficient (Wildman–Crippen LogP) is 3.07. The summed E-state index contributed by atoms with van der Waals surface area (Å²) in [6, 6.07) is 4.02. The molecule has 1 aliphatic rings. The zero-order valence-electron chi connectivity index (χ0n) is 8.96. The second-order valence-corrected chi connectivity index (χ2v) is 5.19. The van der Waals surface area contributed by atoms with Gasteiger partial charge in [0.15, 0.2) is 0 Å². The molecule has 1 aliphatic heterocycles. The van der Waals surface area contributed by atoms with Crippen LogP contribution < -0.4 is 4.74 Å². The van der Waals surface area contributed by atoms with Crippen LogP contribution in [0.5, 0.6) is 5.75 Å². The van der Waals surface area contributed by atoms with E-state index in [1.54, 1.807) is 0 Å². The van der Waals surface area contributed by atoms with Crippen molar-refractivity contribution in [2.45, 2.75) is 26.4 Å². The van der Waals surface area contributed by atoms with Crippen molar-refractivity contribution >= 4 is 15.9 Å². The maximum Gasteiger partial charge on any atom is 0.128 e. The fraction of sp³-hybridized carbons (Fsp3) is 0.500. The fourth-order valence-electron chi connectivity index (χ4n) is 1.88. The highest BCUT2D eigenvalue weighted by Gasteiger charge is 2.23. The van der Waals surface area contributed by atoms with Crippen molar-refractivity contribution in [1.82, 2.24) is 0 Å². The van der Waals surface area contributed by atoms with Crippen molar-refractivity contribution in [3.63, 3.8) is 0 Å². The Morgan fingerprint density at radius 3 is 2.80 bits per heavy atom. The molecule has 2 nitrogen and oxygen atoms in total. The van der Waals surface area contributed by atoms with E-state index in [9.17, 15) is 5.11 Å². The van der Waals surface area contributed by atoms with Gasteiger partial charge in [-0.05, 0) is 23.6 Å². The van der Waals surface area contributed by atoms with Crippen molar-refractivity contribution in [3.05, 3.63) is 27.7 Å². The Morgan fingerprint density at radius 1 is 1.40 bits per heavy atom. The molecule has 1 aromatic carbocycles. The van der Waals surface area contributed by atoms with E-state index >= 15 is 0 Å². The van der Waals surface area contributed by atoms with Crippen LogP contribution in [0.3, 0.4) is 0 Å². The van der Waals surface area contributed by atoms with E-state index in [0.29, 0.717) is 0 Å². The Morgan fingerprint density at radius 2 is 2.13 bits per heavy atom. The summed E-state index contributed by atoms with van der Waals surface area (Å²) in [5.41, 5.74) is 2.10. The van der Waals surface area contributed by atoms with Crippen LogP contribution in [0.4, 0.5) is 0 Å². The number of benzene rings is 1. The summed E-state index contributed by atoms with van der Waals surface area (Å²) in [4.78, 5) is 0. The molecule has 1 atom stereocenters. The number of ether oxygens (including phenoxy) is 1. The summed E-state index contributed by atoms with van der Waals surface area (Å²) < 4.78 is 6.59. The number of hydrogen-bond acceptors (Lipinski definition) is 2. The van der Waals surface area contributed by atoms with E-state index in [-0.39, 0.29) is 5.92 Å². The minimum absolute atomic E-state index is 0.201. The molecule has 82 valence electrons. The van der Waals surface area contributed by atoms with Gasteiger partial charge in [-0.15, -0.1) is 0 Å². The van der Waals surface area contributed by atoms with E-state index in [1.165, 1.54) is 5.56 Å². The summed E-state index contributed by atoms with van der Waals surface area (Å²) in [6.45, 7) is 4.74. The largest absolute Gasteiger partial charge is 0.493 e. The van der Waals surface area contributed by atoms with Gasteiger partial charge >= 0.3 is 0 Å². The molecule has 0 fully saturated rings. The Hall–Kier alpha value is -0.540. The number of aliphatic hydroxyl groups excluding tert-OH is 1. The van der Waals surface area contributed by atoms with Crippen molar-refractivity contribution in [2.75, 3.05) is 6.61 Å². The Balaban J connectivity index is 2.47. The zero-order valence-corrected chi connectivity index (χ0v) is 10.5. The van der Waals surface area contributed by atoms with Crippen LogP contribution in [-0.2, 0) is 6.42 Å². The van der Waals surface area contributed by atoms with Gasteiger partial charge in [0.1, 0.15) is 5.75 Å². The third-order valence-electron chi connectivity index (χ3n) is 2.73. The third-order valence-corrected chi connectivity index (χ3v) is 3.19. The standard InChI is InChI=1S/C12H15BrO2/c1-7(2)11(14)10-6-9(13)5-8-3-4-15-12(8)10/h5-7,11,14H,3-4H2,1-2H3. The van der Waals surface area contributed by atoms with E-state index in [1.807, 2.05) is 19.9 Å². The molecule has 1 aromatic rings. The molecule has 1 N–H and O–H groups in total. The van der Waals surface area contributed by atoms with Crippen molar-refractivity contribution in [2.24, 2.45) is 5.92 Å². The second-order valence-electron chi connectivity index (χ2n) is 4.27. The zero-order chi connectivity index (χ0) is 11.0. The van der Waals surface area contributed by atoms with Crippen LogP contribution in [0.25, 0.3) is 0 Å². The number of hydrogen-bond donors (Lipinski definition) is 1. The molecular weight excluding hydrogens is 256 g/mol. The first-order valence-corrected chi connectivity index (χ1v) is 6.02. The third kappa shape index (κ3) is 2.04. The molecule has 0 aliphatic carbocycles. The smallest absolute Gasteiger partial charge is 0.128 e. The van der Waals surface area contributed by atoms with Crippen LogP contribution >= 0.6 is 15.9 Å². The summed E-state index contributed by atoms with van der Waals surface area (Å²) in [6.07, 6.45) is 0.487. The minimum Gasteiger partial charge on any atom is -0.493 e. The van der Waals surface area contributed by atoms with Crippen LogP contribution in [0.2, 0.25) is 0 Å². The predicted molar refractivity (Wildman–Crippen MR) is 63.1 cm³/mol.